The molecule has 0 saturated carbocycles. The molecule has 0 aliphatic rings. The largest absolute Gasteiger partial charge is 0.381 e. The summed E-state index contributed by atoms with van der Waals surface area (Å²) in [6.45, 7) is 1.82. The van der Waals surface area contributed by atoms with Crippen molar-refractivity contribution in [1.29, 1.82) is 0 Å². The van der Waals surface area contributed by atoms with E-state index in [1.54, 1.807) is 6.07 Å². The van der Waals surface area contributed by atoms with E-state index in [1.165, 1.54) is 12.1 Å². The lowest BCUT2D eigenvalue weighted by Crippen LogP contribution is -1.91. The number of halogens is 1. The lowest BCUT2D eigenvalue weighted by atomic mass is 10.1. The summed E-state index contributed by atoms with van der Waals surface area (Å²) in [6, 6.07) is 4.51. The molecule has 5 heteroatoms. The summed E-state index contributed by atoms with van der Waals surface area (Å²) in [7, 11) is 0. The average molecular weight is 209 g/mol. The minimum absolute atomic E-state index is 0.256. The fourth-order valence-electron chi connectivity index (χ4n) is 1.28. The Bertz CT molecular complexity index is 467. The number of aromatic nitrogens is 2. The first kappa shape index (κ1) is 9.08. The Morgan fingerprint density at radius 1 is 1.36 bits per heavy atom. The Kier molecular flexibility index (Phi) is 2.17. The van der Waals surface area contributed by atoms with Crippen molar-refractivity contribution < 1.29 is 4.39 Å². The molecular weight excluding hydrogens is 201 g/mol. The molecular formula is C9H8FN3S. The standard InChI is InChI=1S/C9H8FN3S/c1-5-4-6(10)2-3-7(5)8-9(11)13-14-12-8/h2-4H,1H3,(H2,11,13). The van der Waals surface area contributed by atoms with Crippen molar-refractivity contribution in [3.63, 3.8) is 0 Å². The maximum atomic E-state index is 12.8. The van der Waals surface area contributed by atoms with E-state index in [0.29, 0.717) is 11.5 Å². The van der Waals surface area contributed by atoms with Crippen LogP contribution >= 0.6 is 11.7 Å². The van der Waals surface area contributed by atoms with Crippen molar-refractivity contribution >= 4 is 17.5 Å². The van der Waals surface area contributed by atoms with Crippen molar-refractivity contribution in [2.45, 2.75) is 6.92 Å². The molecule has 0 saturated heterocycles. The molecule has 1 heterocycles. The molecule has 0 atom stereocenters. The Hall–Kier alpha value is -1.49. The number of nitrogen functional groups attached to an aromatic ring is 1. The third-order valence-corrected chi connectivity index (χ3v) is 2.50. The van der Waals surface area contributed by atoms with Crippen molar-refractivity contribution in [3.8, 4) is 11.3 Å². The van der Waals surface area contributed by atoms with Crippen molar-refractivity contribution in [2.24, 2.45) is 0 Å². The molecule has 2 aromatic rings. The molecule has 0 spiro atoms. The van der Waals surface area contributed by atoms with Gasteiger partial charge in [0.2, 0.25) is 0 Å². The summed E-state index contributed by atoms with van der Waals surface area (Å²) in [6.07, 6.45) is 0. The van der Waals surface area contributed by atoms with Crippen LogP contribution in [0.15, 0.2) is 18.2 Å². The number of anilines is 1. The van der Waals surface area contributed by atoms with E-state index >= 15 is 0 Å². The molecule has 0 unspecified atom stereocenters. The number of benzene rings is 1. The van der Waals surface area contributed by atoms with Gasteiger partial charge in [0.05, 0.1) is 11.7 Å². The van der Waals surface area contributed by atoms with Gasteiger partial charge in [-0.15, -0.1) is 0 Å². The van der Waals surface area contributed by atoms with Gasteiger partial charge in [-0.2, -0.15) is 8.75 Å². The molecule has 72 valence electrons. The smallest absolute Gasteiger partial charge is 0.165 e. The highest BCUT2D eigenvalue weighted by Crippen LogP contribution is 2.26. The minimum Gasteiger partial charge on any atom is -0.381 e. The predicted molar refractivity (Wildman–Crippen MR) is 54.5 cm³/mol. The molecule has 0 bridgehead atoms. The molecule has 0 radical (unpaired) electrons. The van der Waals surface area contributed by atoms with Gasteiger partial charge in [0.1, 0.15) is 11.5 Å². The van der Waals surface area contributed by atoms with Crippen LogP contribution in [0.4, 0.5) is 10.2 Å². The maximum absolute atomic E-state index is 12.8. The van der Waals surface area contributed by atoms with Crippen molar-refractivity contribution in [2.75, 3.05) is 5.73 Å². The number of hydrogen-bond donors (Lipinski definition) is 1. The van der Waals surface area contributed by atoms with Crippen LogP contribution in [0.5, 0.6) is 0 Å². The van der Waals surface area contributed by atoms with Crippen molar-refractivity contribution in [3.05, 3.63) is 29.6 Å². The molecule has 3 nitrogen and oxygen atoms in total. The summed E-state index contributed by atoms with van der Waals surface area (Å²) in [5, 5.41) is 0. The monoisotopic (exact) mass is 209 g/mol. The zero-order valence-electron chi connectivity index (χ0n) is 7.49. The second kappa shape index (κ2) is 3.34. The SMILES string of the molecule is Cc1cc(F)ccc1-c1nsnc1N. The Balaban J connectivity index is 2.58. The van der Waals surface area contributed by atoms with Crippen LogP contribution in [0.25, 0.3) is 11.3 Å². The Morgan fingerprint density at radius 3 is 2.71 bits per heavy atom. The van der Waals surface area contributed by atoms with E-state index in [-0.39, 0.29) is 5.82 Å². The van der Waals surface area contributed by atoms with E-state index in [1.807, 2.05) is 6.92 Å². The molecule has 0 amide bonds. The summed E-state index contributed by atoms with van der Waals surface area (Å²) in [5.41, 5.74) is 7.90. The number of nitrogens with zero attached hydrogens (tertiary/aromatic N) is 2. The quantitative estimate of drug-likeness (QED) is 0.783. The topological polar surface area (TPSA) is 51.8 Å². The van der Waals surface area contributed by atoms with Gasteiger partial charge in [-0.25, -0.2) is 4.39 Å². The Labute approximate surface area is 84.7 Å². The van der Waals surface area contributed by atoms with Gasteiger partial charge < -0.3 is 5.73 Å². The van der Waals surface area contributed by atoms with E-state index in [9.17, 15) is 4.39 Å². The summed E-state index contributed by atoms with van der Waals surface area (Å²) < 4.78 is 20.8. The molecule has 0 aliphatic heterocycles. The second-order valence-electron chi connectivity index (χ2n) is 2.96. The van der Waals surface area contributed by atoms with E-state index in [0.717, 1.165) is 22.9 Å². The molecule has 0 aliphatic carbocycles. The van der Waals surface area contributed by atoms with Crippen LogP contribution in [0.3, 0.4) is 0 Å². The molecule has 1 aromatic carbocycles. The summed E-state index contributed by atoms with van der Waals surface area (Å²) in [4.78, 5) is 0. The second-order valence-corrected chi connectivity index (χ2v) is 3.49. The van der Waals surface area contributed by atoms with Gasteiger partial charge >= 0.3 is 0 Å². The van der Waals surface area contributed by atoms with Gasteiger partial charge in [-0.1, -0.05) is 0 Å². The van der Waals surface area contributed by atoms with Gasteiger partial charge in [0.25, 0.3) is 0 Å². The molecule has 0 fully saturated rings. The zero-order chi connectivity index (χ0) is 10.1. The minimum atomic E-state index is -0.256. The average Bonchev–Trinajstić information content (AvgIpc) is 2.52. The molecule has 14 heavy (non-hydrogen) atoms. The summed E-state index contributed by atoms with van der Waals surface area (Å²) >= 11 is 1.06. The fourth-order valence-corrected chi connectivity index (χ4v) is 1.76. The number of aryl methyl sites for hydroxylation is 1. The van der Waals surface area contributed by atoms with Gasteiger partial charge in [-0.05, 0) is 30.7 Å². The molecule has 1 aromatic heterocycles. The van der Waals surface area contributed by atoms with Gasteiger partial charge in [-0.3, -0.25) is 0 Å². The van der Waals surface area contributed by atoms with Crippen LogP contribution < -0.4 is 5.73 Å². The maximum Gasteiger partial charge on any atom is 0.165 e. The number of rotatable bonds is 1. The normalized spacial score (nSPS) is 10.4. The van der Waals surface area contributed by atoms with Crippen LogP contribution in [-0.4, -0.2) is 8.75 Å². The van der Waals surface area contributed by atoms with Crippen LogP contribution in [-0.2, 0) is 0 Å². The van der Waals surface area contributed by atoms with E-state index < -0.39 is 0 Å². The summed E-state index contributed by atoms with van der Waals surface area (Å²) in [5.74, 6) is 0.137. The van der Waals surface area contributed by atoms with E-state index in [2.05, 4.69) is 8.75 Å². The van der Waals surface area contributed by atoms with Crippen LogP contribution in [0.1, 0.15) is 5.56 Å². The zero-order valence-corrected chi connectivity index (χ0v) is 8.31. The highest BCUT2D eigenvalue weighted by atomic mass is 32.1. The first-order valence-electron chi connectivity index (χ1n) is 4.03. The lowest BCUT2D eigenvalue weighted by Gasteiger charge is -2.02. The lowest BCUT2D eigenvalue weighted by molar-refractivity contribution is 0.627. The predicted octanol–water partition coefficient (Wildman–Crippen LogP) is 2.23. The highest BCUT2D eigenvalue weighted by Gasteiger charge is 2.09. The van der Waals surface area contributed by atoms with E-state index in [4.69, 9.17) is 5.73 Å². The first-order chi connectivity index (χ1) is 6.68. The third-order valence-electron chi connectivity index (χ3n) is 1.96. The van der Waals surface area contributed by atoms with Gasteiger partial charge in [0.15, 0.2) is 5.82 Å². The fraction of sp³-hybridized carbons (Fsp3) is 0.111. The van der Waals surface area contributed by atoms with Crippen molar-refractivity contribution in [1.82, 2.24) is 8.75 Å². The third kappa shape index (κ3) is 1.46. The van der Waals surface area contributed by atoms with Crippen LogP contribution in [0, 0.1) is 12.7 Å². The number of hydrogen-bond acceptors (Lipinski definition) is 4. The molecule has 2 rings (SSSR count). The first-order valence-corrected chi connectivity index (χ1v) is 4.76. The number of nitrogens with two attached hydrogens (primary N) is 1. The highest BCUT2D eigenvalue weighted by molar-refractivity contribution is 6.99. The Morgan fingerprint density at radius 2 is 2.14 bits per heavy atom. The van der Waals surface area contributed by atoms with Crippen LogP contribution in [0.2, 0.25) is 0 Å². The van der Waals surface area contributed by atoms with Gasteiger partial charge in [0, 0.05) is 5.56 Å². The molecule has 2 N–H and O–H groups in total.